The van der Waals surface area contributed by atoms with Crippen molar-refractivity contribution in [2.75, 3.05) is 18.5 Å². The summed E-state index contributed by atoms with van der Waals surface area (Å²) in [6.07, 6.45) is 0.981. The fraction of sp³-hybridized carbons (Fsp3) is 0.364. The number of ether oxygens (including phenoxy) is 1. The van der Waals surface area contributed by atoms with Crippen molar-refractivity contribution in [1.82, 2.24) is 10.9 Å². The molecule has 29 heavy (non-hydrogen) atoms. The van der Waals surface area contributed by atoms with E-state index >= 15 is 0 Å². The molecule has 0 heterocycles. The van der Waals surface area contributed by atoms with Crippen LogP contribution in [0.2, 0.25) is 0 Å². The van der Waals surface area contributed by atoms with E-state index in [2.05, 4.69) is 16.2 Å². The summed E-state index contributed by atoms with van der Waals surface area (Å²) in [4.78, 5) is 12.8. The molecule has 0 spiro atoms. The summed E-state index contributed by atoms with van der Waals surface area (Å²) in [7, 11) is 0. The molecule has 156 valence electrons. The second-order valence-electron chi connectivity index (χ2n) is 6.79. The molecule has 4 N–H and O–H groups in total. The van der Waals surface area contributed by atoms with Crippen LogP contribution < -0.4 is 16.2 Å². The minimum absolute atomic E-state index is 0.216. The number of hydrazine groups is 1. The molecule has 6 nitrogen and oxygen atoms in total. The van der Waals surface area contributed by atoms with Crippen molar-refractivity contribution in [3.05, 3.63) is 66.2 Å². The number of aliphatic hydroxyl groups is 1. The van der Waals surface area contributed by atoms with E-state index in [-0.39, 0.29) is 17.6 Å². The Bertz CT molecular complexity index is 743. The van der Waals surface area contributed by atoms with Gasteiger partial charge in [0.05, 0.1) is 12.7 Å². The number of thiocarbonyl (C=S) groups is 1. The van der Waals surface area contributed by atoms with Gasteiger partial charge in [-0.25, -0.2) is 0 Å². The van der Waals surface area contributed by atoms with E-state index in [4.69, 9.17) is 17.0 Å². The average Bonchev–Trinajstić information content (AvgIpc) is 2.73. The number of hydrogen-bond donors (Lipinski definition) is 4. The van der Waals surface area contributed by atoms with Crippen LogP contribution in [0.15, 0.2) is 60.7 Å². The molecule has 0 aliphatic carbocycles. The second-order valence-corrected chi connectivity index (χ2v) is 7.19. The molecule has 0 fully saturated rings. The number of hydrogen-bond acceptors (Lipinski definition) is 4. The topological polar surface area (TPSA) is 82.6 Å². The smallest absolute Gasteiger partial charge is 0.241 e. The number of benzene rings is 2. The first-order chi connectivity index (χ1) is 14.1. The minimum Gasteiger partial charge on any atom is -0.391 e. The lowest BCUT2D eigenvalue weighted by Crippen LogP contribution is -2.47. The number of amides is 1. The Kier molecular flexibility index (Phi) is 10.1. The quantitative estimate of drug-likeness (QED) is 0.271. The highest BCUT2D eigenvalue weighted by Gasteiger charge is 2.23. The largest absolute Gasteiger partial charge is 0.391 e. The van der Waals surface area contributed by atoms with Gasteiger partial charge >= 0.3 is 0 Å². The van der Waals surface area contributed by atoms with Gasteiger partial charge in [0, 0.05) is 18.2 Å². The minimum atomic E-state index is -0.713. The molecule has 2 atom stereocenters. The zero-order valence-corrected chi connectivity index (χ0v) is 17.5. The van der Waals surface area contributed by atoms with Crippen molar-refractivity contribution in [2.45, 2.75) is 32.3 Å². The van der Waals surface area contributed by atoms with Crippen molar-refractivity contribution in [2.24, 2.45) is 5.92 Å². The molecule has 0 saturated carbocycles. The Morgan fingerprint density at radius 2 is 1.72 bits per heavy atom. The first kappa shape index (κ1) is 22.8. The van der Waals surface area contributed by atoms with Crippen LogP contribution in [0.3, 0.4) is 0 Å². The van der Waals surface area contributed by atoms with Gasteiger partial charge in [-0.15, -0.1) is 0 Å². The Morgan fingerprint density at radius 1 is 1.07 bits per heavy atom. The monoisotopic (exact) mass is 415 g/mol. The Balaban J connectivity index is 1.91. The van der Waals surface area contributed by atoms with Crippen molar-refractivity contribution < 1.29 is 14.6 Å². The summed E-state index contributed by atoms with van der Waals surface area (Å²) >= 11 is 5.22. The fourth-order valence-electron chi connectivity index (χ4n) is 2.85. The van der Waals surface area contributed by atoms with Crippen molar-refractivity contribution in [3.8, 4) is 0 Å². The van der Waals surface area contributed by atoms with Crippen LogP contribution in [0.25, 0.3) is 0 Å². The third kappa shape index (κ3) is 9.04. The van der Waals surface area contributed by atoms with Gasteiger partial charge in [0.15, 0.2) is 5.11 Å². The molecular weight excluding hydrogens is 386 g/mol. The van der Waals surface area contributed by atoms with Crippen LogP contribution in [-0.2, 0) is 16.0 Å². The molecule has 2 aromatic carbocycles. The molecule has 2 aromatic rings. The van der Waals surface area contributed by atoms with Gasteiger partial charge < -0.3 is 15.2 Å². The Hall–Kier alpha value is -2.48. The van der Waals surface area contributed by atoms with Gasteiger partial charge in [0.2, 0.25) is 5.91 Å². The summed E-state index contributed by atoms with van der Waals surface area (Å²) in [5.41, 5.74) is 7.23. The van der Waals surface area contributed by atoms with E-state index < -0.39 is 12.0 Å². The number of carbonyl (C=O) groups is 1. The van der Waals surface area contributed by atoms with E-state index in [0.29, 0.717) is 19.4 Å². The lowest BCUT2D eigenvalue weighted by atomic mass is 9.93. The first-order valence-electron chi connectivity index (χ1n) is 9.80. The van der Waals surface area contributed by atoms with Crippen LogP contribution in [0.5, 0.6) is 0 Å². The fourth-order valence-corrected chi connectivity index (χ4v) is 3.01. The van der Waals surface area contributed by atoms with Crippen LogP contribution in [-0.4, -0.2) is 35.4 Å². The first-order valence-corrected chi connectivity index (χ1v) is 10.2. The maximum atomic E-state index is 12.8. The summed E-state index contributed by atoms with van der Waals surface area (Å²) in [6.45, 7) is 2.82. The Labute approximate surface area is 177 Å². The number of aliphatic hydroxyl groups excluding tert-OH is 1. The molecule has 1 amide bonds. The average molecular weight is 416 g/mol. The molecule has 0 aliphatic heterocycles. The van der Waals surface area contributed by atoms with Gasteiger partial charge in [-0.2, -0.15) is 0 Å². The highest BCUT2D eigenvalue weighted by molar-refractivity contribution is 7.80. The predicted molar refractivity (Wildman–Crippen MR) is 119 cm³/mol. The maximum Gasteiger partial charge on any atom is 0.241 e. The third-order valence-electron chi connectivity index (χ3n) is 4.24. The van der Waals surface area contributed by atoms with Gasteiger partial charge in [-0.1, -0.05) is 55.5 Å². The number of rotatable bonds is 10. The Morgan fingerprint density at radius 3 is 2.38 bits per heavy atom. The van der Waals surface area contributed by atoms with Gasteiger partial charge in [-0.3, -0.25) is 15.6 Å². The van der Waals surface area contributed by atoms with Crippen LogP contribution in [0.4, 0.5) is 5.69 Å². The van der Waals surface area contributed by atoms with E-state index in [9.17, 15) is 9.90 Å². The van der Waals surface area contributed by atoms with E-state index in [1.807, 2.05) is 67.6 Å². The molecule has 0 aromatic heterocycles. The highest BCUT2D eigenvalue weighted by atomic mass is 32.1. The maximum absolute atomic E-state index is 12.8. The molecule has 0 unspecified atom stereocenters. The summed E-state index contributed by atoms with van der Waals surface area (Å²) in [5, 5.41) is 13.6. The second kappa shape index (κ2) is 12.9. The summed E-state index contributed by atoms with van der Waals surface area (Å²) in [6, 6.07) is 19.2. The summed E-state index contributed by atoms with van der Waals surface area (Å²) in [5.74, 6) is -0.662. The van der Waals surface area contributed by atoms with Gasteiger partial charge in [0.1, 0.15) is 0 Å². The number of nitrogens with one attached hydrogen (secondary N) is 3. The van der Waals surface area contributed by atoms with Crippen molar-refractivity contribution >= 4 is 28.9 Å². The van der Waals surface area contributed by atoms with E-state index in [0.717, 1.165) is 17.7 Å². The molecule has 0 aliphatic rings. The molecule has 2 rings (SSSR count). The van der Waals surface area contributed by atoms with Crippen LogP contribution >= 0.6 is 12.2 Å². The van der Waals surface area contributed by atoms with Gasteiger partial charge in [0.25, 0.3) is 0 Å². The van der Waals surface area contributed by atoms with Crippen LogP contribution in [0, 0.1) is 5.92 Å². The zero-order valence-electron chi connectivity index (χ0n) is 16.6. The predicted octanol–water partition coefficient (Wildman–Crippen LogP) is 3.04. The molecule has 0 saturated heterocycles. The SMILES string of the molecule is CCCOC[C@@H](O)C[C@@H](Cc1ccccc1)C(=O)NNC(=S)Nc1ccccc1. The normalized spacial score (nSPS) is 12.6. The zero-order chi connectivity index (χ0) is 20.9. The lowest BCUT2D eigenvalue weighted by molar-refractivity contribution is -0.127. The lowest BCUT2D eigenvalue weighted by Gasteiger charge is -2.21. The number of anilines is 1. The number of carbonyl (C=O) groups excluding carboxylic acids is 1. The van der Waals surface area contributed by atoms with Crippen molar-refractivity contribution in [1.29, 1.82) is 0 Å². The van der Waals surface area contributed by atoms with E-state index in [1.54, 1.807) is 0 Å². The summed E-state index contributed by atoms with van der Waals surface area (Å²) < 4.78 is 5.41. The van der Waals surface area contributed by atoms with E-state index in [1.165, 1.54) is 0 Å². The molecule has 7 heteroatoms. The highest BCUT2D eigenvalue weighted by Crippen LogP contribution is 2.15. The van der Waals surface area contributed by atoms with Crippen molar-refractivity contribution in [3.63, 3.8) is 0 Å². The number of para-hydroxylation sites is 1. The van der Waals surface area contributed by atoms with Gasteiger partial charge in [-0.05, 0) is 49.2 Å². The standard InChI is InChI=1S/C22H29N3O3S/c1-2-13-28-16-20(26)15-18(14-17-9-5-3-6-10-17)21(27)24-25-22(29)23-19-11-7-4-8-12-19/h3-12,18,20,26H,2,13-16H2,1H3,(H,24,27)(H2,23,25,29)/t18-,20+/m1/s1. The molecule has 0 radical (unpaired) electrons. The molecule has 0 bridgehead atoms. The molecular formula is C22H29N3O3S. The van der Waals surface area contributed by atoms with Crippen LogP contribution in [0.1, 0.15) is 25.3 Å². The third-order valence-corrected chi connectivity index (χ3v) is 4.45.